The van der Waals surface area contributed by atoms with Gasteiger partial charge in [-0.15, -0.1) is 0 Å². The van der Waals surface area contributed by atoms with Gasteiger partial charge in [0.15, 0.2) is 5.69 Å². The maximum Gasteiger partial charge on any atom is 0.274 e. The Balaban J connectivity index is 2.09. The van der Waals surface area contributed by atoms with Gasteiger partial charge in [-0.1, -0.05) is 18.2 Å². The molecule has 1 aromatic heterocycles. The molecule has 0 unspecified atom stereocenters. The molecular weight excluding hydrogens is 304 g/mol. The molecule has 2 aromatic rings. The van der Waals surface area contributed by atoms with Crippen molar-refractivity contribution in [2.24, 2.45) is 0 Å². The zero-order valence-corrected chi connectivity index (χ0v) is 14.5. The molecular formula is C18H24N4O2. The summed E-state index contributed by atoms with van der Waals surface area (Å²) in [5.41, 5.74) is 0.233. The highest BCUT2D eigenvalue weighted by molar-refractivity contribution is 6.04. The van der Waals surface area contributed by atoms with Crippen molar-refractivity contribution in [2.75, 3.05) is 33.2 Å². The SMILES string of the molecule is CC(C)n1nc(C(=O)N2CCCN(C)CC2)c2ccccc2c1=O. The Bertz CT molecular complexity index is 812. The fourth-order valence-corrected chi connectivity index (χ4v) is 3.11. The van der Waals surface area contributed by atoms with Crippen molar-refractivity contribution in [3.05, 3.63) is 40.3 Å². The molecule has 0 saturated carbocycles. The second-order valence-electron chi connectivity index (χ2n) is 6.69. The lowest BCUT2D eigenvalue weighted by Gasteiger charge is -2.21. The van der Waals surface area contributed by atoms with Crippen molar-refractivity contribution in [3.63, 3.8) is 0 Å². The molecule has 0 radical (unpaired) electrons. The Morgan fingerprint density at radius 2 is 1.79 bits per heavy atom. The minimum atomic E-state index is -0.146. The molecule has 0 spiro atoms. The quantitative estimate of drug-likeness (QED) is 0.843. The van der Waals surface area contributed by atoms with Crippen molar-refractivity contribution in [1.82, 2.24) is 19.6 Å². The molecule has 1 aromatic carbocycles. The number of hydrogen-bond acceptors (Lipinski definition) is 4. The van der Waals surface area contributed by atoms with Crippen LogP contribution in [0.3, 0.4) is 0 Å². The van der Waals surface area contributed by atoms with Crippen LogP contribution >= 0.6 is 0 Å². The van der Waals surface area contributed by atoms with Crippen LogP contribution in [0.25, 0.3) is 10.8 Å². The van der Waals surface area contributed by atoms with Gasteiger partial charge in [0.1, 0.15) is 0 Å². The number of aromatic nitrogens is 2. The Morgan fingerprint density at radius 3 is 2.50 bits per heavy atom. The minimum Gasteiger partial charge on any atom is -0.336 e. The van der Waals surface area contributed by atoms with Gasteiger partial charge in [0, 0.05) is 25.0 Å². The van der Waals surface area contributed by atoms with Gasteiger partial charge in [0.2, 0.25) is 0 Å². The molecule has 2 heterocycles. The lowest BCUT2D eigenvalue weighted by atomic mass is 10.1. The summed E-state index contributed by atoms with van der Waals surface area (Å²) in [7, 11) is 2.07. The molecule has 0 aliphatic carbocycles. The average molecular weight is 328 g/mol. The summed E-state index contributed by atoms with van der Waals surface area (Å²) < 4.78 is 1.42. The fraction of sp³-hybridized carbons (Fsp3) is 0.500. The first-order valence-electron chi connectivity index (χ1n) is 8.48. The average Bonchev–Trinajstić information content (AvgIpc) is 2.79. The molecule has 1 aliphatic heterocycles. The molecule has 1 fully saturated rings. The summed E-state index contributed by atoms with van der Waals surface area (Å²) in [5.74, 6) is -0.0871. The zero-order chi connectivity index (χ0) is 17.3. The lowest BCUT2D eigenvalue weighted by Crippen LogP contribution is -2.37. The number of fused-ring (bicyclic) bond motifs is 1. The Kier molecular flexibility index (Phi) is 4.66. The van der Waals surface area contributed by atoms with Gasteiger partial charge >= 0.3 is 0 Å². The number of nitrogens with zero attached hydrogens (tertiary/aromatic N) is 4. The van der Waals surface area contributed by atoms with Crippen LogP contribution in [0.4, 0.5) is 0 Å². The molecule has 0 bridgehead atoms. The molecule has 128 valence electrons. The van der Waals surface area contributed by atoms with E-state index in [2.05, 4.69) is 17.0 Å². The Morgan fingerprint density at radius 1 is 1.08 bits per heavy atom. The summed E-state index contributed by atoms with van der Waals surface area (Å²) in [6.07, 6.45) is 0.948. The van der Waals surface area contributed by atoms with Crippen LogP contribution in [0.5, 0.6) is 0 Å². The van der Waals surface area contributed by atoms with E-state index in [4.69, 9.17) is 0 Å². The first-order valence-corrected chi connectivity index (χ1v) is 8.48. The van der Waals surface area contributed by atoms with Gasteiger partial charge in [-0.2, -0.15) is 5.10 Å². The summed E-state index contributed by atoms with van der Waals surface area (Å²) in [5, 5.41) is 5.62. The Hall–Kier alpha value is -2.21. The van der Waals surface area contributed by atoms with Gasteiger partial charge in [0.25, 0.3) is 11.5 Å². The topological polar surface area (TPSA) is 58.4 Å². The van der Waals surface area contributed by atoms with Gasteiger partial charge in [-0.25, -0.2) is 4.68 Å². The standard InChI is InChI=1S/C18H24N4O2/c1-13(2)22-17(23)15-8-5-4-7-14(15)16(19-22)18(24)21-10-6-9-20(3)11-12-21/h4-5,7-8,13H,6,9-12H2,1-3H3. The highest BCUT2D eigenvalue weighted by Gasteiger charge is 2.24. The summed E-state index contributed by atoms with van der Waals surface area (Å²) in [6, 6.07) is 7.15. The summed E-state index contributed by atoms with van der Waals surface area (Å²) in [6.45, 7) is 7.06. The van der Waals surface area contributed by atoms with Crippen molar-refractivity contribution < 1.29 is 4.79 Å². The third-order valence-electron chi connectivity index (χ3n) is 4.53. The molecule has 0 atom stereocenters. The van der Waals surface area contributed by atoms with Crippen LogP contribution in [-0.4, -0.2) is 58.7 Å². The van der Waals surface area contributed by atoms with Crippen LogP contribution in [0.15, 0.2) is 29.1 Å². The fourth-order valence-electron chi connectivity index (χ4n) is 3.11. The van der Waals surface area contributed by atoms with Crippen molar-refractivity contribution in [1.29, 1.82) is 0 Å². The zero-order valence-electron chi connectivity index (χ0n) is 14.5. The van der Waals surface area contributed by atoms with E-state index in [-0.39, 0.29) is 17.5 Å². The molecule has 6 heteroatoms. The van der Waals surface area contributed by atoms with Crippen LogP contribution in [-0.2, 0) is 0 Å². The normalized spacial score (nSPS) is 16.6. The molecule has 1 amide bonds. The van der Waals surface area contributed by atoms with Crippen molar-refractivity contribution in [2.45, 2.75) is 26.3 Å². The molecule has 6 nitrogen and oxygen atoms in total. The van der Waals surface area contributed by atoms with Crippen LogP contribution in [0.2, 0.25) is 0 Å². The number of carbonyl (C=O) groups is 1. The maximum absolute atomic E-state index is 13.1. The number of carbonyl (C=O) groups excluding carboxylic acids is 1. The molecule has 0 N–H and O–H groups in total. The van der Waals surface area contributed by atoms with E-state index in [9.17, 15) is 9.59 Å². The minimum absolute atomic E-state index is 0.0871. The Labute approximate surface area is 141 Å². The monoisotopic (exact) mass is 328 g/mol. The largest absolute Gasteiger partial charge is 0.336 e. The maximum atomic E-state index is 13.1. The van der Waals surface area contributed by atoms with Gasteiger partial charge in [-0.3, -0.25) is 9.59 Å². The van der Waals surface area contributed by atoms with E-state index < -0.39 is 0 Å². The number of hydrogen-bond donors (Lipinski definition) is 0. The van der Waals surface area contributed by atoms with Crippen LogP contribution in [0, 0.1) is 0 Å². The van der Waals surface area contributed by atoms with E-state index in [0.717, 1.165) is 26.1 Å². The predicted octanol–water partition coefficient (Wildman–Crippen LogP) is 1.76. The van der Waals surface area contributed by atoms with E-state index >= 15 is 0 Å². The lowest BCUT2D eigenvalue weighted by molar-refractivity contribution is 0.0756. The molecule has 1 aliphatic rings. The van der Waals surface area contributed by atoms with Gasteiger partial charge < -0.3 is 9.80 Å². The number of amides is 1. The van der Waals surface area contributed by atoms with Crippen LogP contribution < -0.4 is 5.56 Å². The smallest absolute Gasteiger partial charge is 0.274 e. The van der Waals surface area contributed by atoms with Gasteiger partial charge in [0.05, 0.1) is 11.4 Å². The molecule has 24 heavy (non-hydrogen) atoms. The number of likely N-dealkylation sites (N-methyl/N-ethyl adjacent to an activating group) is 1. The number of rotatable bonds is 2. The van der Waals surface area contributed by atoms with Crippen molar-refractivity contribution >= 4 is 16.7 Å². The second-order valence-corrected chi connectivity index (χ2v) is 6.69. The second kappa shape index (κ2) is 6.73. The first-order chi connectivity index (χ1) is 11.5. The predicted molar refractivity (Wildman–Crippen MR) is 94.4 cm³/mol. The third-order valence-corrected chi connectivity index (χ3v) is 4.53. The van der Waals surface area contributed by atoms with E-state index in [1.807, 2.05) is 36.9 Å². The first kappa shape index (κ1) is 16.6. The summed E-state index contributed by atoms with van der Waals surface area (Å²) >= 11 is 0. The van der Waals surface area contributed by atoms with E-state index in [1.165, 1.54) is 4.68 Å². The van der Waals surface area contributed by atoms with Gasteiger partial charge in [-0.05, 0) is 39.9 Å². The van der Waals surface area contributed by atoms with E-state index in [1.54, 1.807) is 6.07 Å². The van der Waals surface area contributed by atoms with E-state index in [0.29, 0.717) is 23.0 Å². The molecule has 3 rings (SSSR count). The molecule has 1 saturated heterocycles. The highest BCUT2D eigenvalue weighted by atomic mass is 16.2. The summed E-state index contributed by atoms with van der Waals surface area (Å²) in [4.78, 5) is 29.8. The highest BCUT2D eigenvalue weighted by Crippen LogP contribution is 2.17. The number of benzene rings is 1. The van der Waals surface area contributed by atoms with Crippen molar-refractivity contribution in [3.8, 4) is 0 Å². The van der Waals surface area contributed by atoms with Crippen LogP contribution in [0.1, 0.15) is 36.8 Å². The third kappa shape index (κ3) is 3.06.